The molecule has 0 unspecified atom stereocenters. The fraction of sp³-hybridized carbons (Fsp3) is 1.00. The van der Waals surface area contributed by atoms with Crippen molar-refractivity contribution < 1.29 is 5.11 Å². The highest BCUT2D eigenvalue weighted by Gasteiger charge is 1.97. The maximum Gasteiger partial charge on any atom is 0.0431 e. The number of rotatable bonds is 5. The number of hydrogen-bond donors (Lipinski definition) is 1. The van der Waals surface area contributed by atoms with Gasteiger partial charge in [0.05, 0.1) is 0 Å². The molecule has 1 atom stereocenters. The van der Waals surface area contributed by atoms with Crippen molar-refractivity contribution in [3.63, 3.8) is 0 Å². The van der Waals surface area contributed by atoms with E-state index in [-0.39, 0.29) is 0 Å². The van der Waals surface area contributed by atoms with Gasteiger partial charge in [-0.1, -0.05) is 35.9 Å². The maximum atomic E-state index is 8.45. The average molecular weight is 242 g/mol. The number of halogens is 1. The van der Waals surface area contributed by atoms with Crippen molar-refractivity contribution in [3.05, 3.63) is 0 Å². The molecule has 0 saturated heterocycles. The first-order valence-electron chi connectivity index (χ1n) is 3.48. The Morgan fingerprint density at radius 1 is 1.44 bits per heavy atom. The molecule has 0 aromatic heterocycles. The molecule has 0 radical (unpaired) electrons. The molecule has 1 N–H and O–H groups in total. The molecule has 0 bridgehead atoms. The van der Waals surface area contributed by atoms with Crippen LogP contribution in [0.1, 0.15) is 26.2 Å². The van der Waals surface area contributed by atoms with Gasteiger partial charge in [-0.05, 0) is 18.8 Å². The number of aliphatic hydroxyl groups is 1. The third-order valence-corrected chi connectivity index (χ3v) is 2.87. The predicted octanol–water partition coefficient (Wildman–Crippen LogP) is 2.22. The average Bonchev–Trinajstić information content (AvgIpc) is 1.89. The molecule has 0 saturated carbocycles. The zero-order valence-corrected chi connectivity index (χ0v) is 8.10. The van der Waals surface area contributed by atoms with E-state index in [1.807, 2.05) is 0 Å². The van der Waals surface area contributed by atoms with E-state index < -0.39 is 0 Å². The molecule has 56 valence electrons. The Morgan fingerprint density at radius 3 is 2.56 bits per heavy atom. The van der Waals surface area contributed by atoms with Crippen LogP contribution < -0.4 is 0 Å². The van der Waals surface area contributed by atoms with Crippen LogP contribution in [0.3, 0.4) is 0 Å². The van der Waals surface area contributed by atoms with Gasteiger partial charge in [0, 0.05) is 11.0 Å². The highest BCUT2D eigenvalue weighted by Crippen LogP contribution is 2.09. The van der Waals surface area contributed by atoms with Crippen LogP contribution in [0.15, 0.2) is 0 Å². The van der Waals surface area contributed by atoms with E-state index in [0.29, 0.717) is 6.61 Å². The summed E-state index contributed by atoms with van der Waals surface area (Å²) in [5.41, 5.74) is 0. The number of unbranched alkanes of at least 4 members (excludes halogenated alkanes) is 1. The zero-order valence-electron chi connectivity index (χ0n) is 5.94. The third kappa shape index (κ3) is 6.58. The fourth-order valence-electron chi connectivity index (χ4n) is 0.682. The van der Waals surface area contributed by atoms with Gasteiger partial charge in [0.25, 0.3) is 0 Å². The second kappa shape index (κ2) is 6.81. The quantitative estimate of drug-likeness (QED) is 0.445. The van der Waals surface area contributed by atoms with Crippen molar-refractivity contribution in [2.75, 3.05) is 11.0 Å². The van der Waals surface area contributed by atoms with Crippen LogP contribution in [-0.2, 0) is 0 Å². The highest BCUT2D eigenvalue weighted by atomic mass is 127. The second-order valence-corrected chi connectivity index (χ2v) is 3.36. The molecule has 0 amide bonds. The second-order valence-electron chi connectivity index (χ2n) is 2.48. The first kappa shape index (κ1) is 9.69. The van der Waals surface area contributed by atoms with Crippen LogP contribution in [0.25, 0.3) is 0 Å². The van der Waals surface area contributed by atoms with Crippen LogP contribution in [0.5, 0.6) is 0 Å². The number of alkyl halides is 1. The van der Waals surface area contributed by atoms with Gasteiger partial charge in [0.1, 0.15) is 0 Å². The molecular weight excluding hydrogens is 227 g/mol. The Bertz CT molecular complexity index is 56.9. The van der Waals surface area contributed by atoms with E-state index in [2.05, 4.69) is 29.5 Å². The smallest absolute Gasteiger partial charge is 0.0431 e. The summed E-state index contributed by atoms with van der Waals surface area (Å²) < 4.78 is 1.24. The van der Waals surface area contributed by atoms with E-state index in [4.69, 9.17) is 5.11 Å². The third-order valence-electron chi connectivity index (χ3n) is 1.37. The SMILES string of the molecule is C[C@H](CI)CCCCO. The highest BCUT2D eigenvalue weighted by molar-refractivity contribution is 14.1. The molecule has 0 aliphatic carbocycles. The lowest BCUT2D eigenvalue weighted by Crippen LogP contribution is -1.95. The largest absolute Gasteiger partial charge is 0.396 e. The Balaban J connectivity index is 2.88. The van der Waals surface area contributed by atoms with Gasteiger partial charge >= 0.3 is 0 Å². The molecular formula is C7H15IO. The fourth-order valence-corrected chi connectivity index (χ4v) is 1.12. The van der Waals surface area contributed by atoms with Gasteiger partial charge < -0.3 is 5.11 Å². The van der Waals surface area contributed by atoms with Crippen LogP contribution >= 0.6 is 22.6 Å². The van der Waals surface area contributed by atoms with Crippen molar-refractivity contribution in [2.24, 2.45) is 5.92 Å². The molecule has 1 nitrogen and oxygen atoms in total. The topological polar surface area (TPSA) is 20.2 Å². The van der Waals surface area contributed by atoms with Gasteiger partial charge in [-0.15, -0.1) is 0 Å². The van der Waals surface area contributed by atoms with Crippen molar-refractivity contribution in [2.45, 2.75) is 26.2 Å². The van der Waals surface area contributed by atoms with E-state index >= 15 is 0 Å². The Morgan fingerprint density at radius 2 is 2.11 bits per heavy atom. The van der Waals surface area contributed by atoms with Crippen LogP contribution in [0, 0.1) is 5.92 Å². The molecule has 9 heavy (non-hydrogen) atoms. The summed E-state index contributed by atoms with van der Waals surface area (Å²) in [5.74, 6) is 0.831. The molecule has 0 heterocycles. The van der Waals surface area contributed by atoms with Gasteiger partial charge in [-0.3, -0.25) is 0 Å². The Kier molecular flexibility index (Phi) is 7.33. The van der Waals surface area contributed by atoms with Gasteiger partial charge in [-0.2, -0.15) is 0 Å². The first-order chi connectivity index (χ1) is 4.31. The molecule has 2 heteroatoms. The van der Waals surface area contributed by atoms with Crippen LogP contribution in [0.4, 0.5) is 0 Å². The molecule has 0 aliphatic heterocycles. The minimum atomic E-state index is 0.355. The van der Waals surface area contributed by atoms with E-state index in [9.17, 15) is 0 Å². The monoisotopic (exact) mass is 242 g/mol. The molecule has 0 aliphatic rings. The van der Waals surface area contributed by atoms with Crippen molar-refractivity contribution in [1.82, 2.24) is 0 Å². The van der Waals surface area contributed by atoms with Crippen molar-refractivity contribution in [1.29, 1.82) is 0 Å². The van der Waals surface area contributed by atoms with Crippen molar-refractivity contribution >= 4 is 22.6 Å². The molecule has 0 fully saturated rings. The minimum absolute atomic E-state index is 0.355. The van der Waals surface area contributed by atoms with Crippen LogP contribution in [0.2, 0.25) is 0 Å². The predicted molar refractivity (Wildman–Crippen MR) is 49.0 cm³/mol. The van der Waals surface area contributed by atoms with E-state index in [1.54, 1.807) is 0 Å². The van der Waals surface area contributed by atoms with E-state index in [1.165, 1.54) is 17.3 Å². The summed E-state index contributed by atoms with van der Waals surface area (Å²) in [6.45, 7) is 2.61. The standard InChI is InChI=1S/C7H15IO/c1-7(6-8)4-2-3-5-9/h7,9H,2-6H2,1H3/t7-/m0/s1. The van der Waals surface area contributed by atoms with E-state index in [0.717, 1.165) is 12.3 Å². The normalized spacial score (nSPS) is 13.7. The Labute approximate surface area is 71.0 Å². The summed E-state index contributed by atoms with van der Waals surface area (Å²) in [7, 11) is 0. The lowest BCUT2D eigenvalue weighted by atomic mass is 10.1. The summed E-state index contributed by atoms with van der Waals surface area (Å²) in [6.07, 6.45) is 3.42. The molecule has 0 aromatic rings. The number of aliphatic hydroxyl groups excluding tert-OH is 1. The summed E-state index contributed by atoms with van der Waals surface area (Å²) >= 11 is 2.40. The van der Waals surface area contributed by atoms with Gasteiger partial charge in [-0.25, -0.2) is 0 Å². The maximum absolute atomic E-state index is 8.45. The molecule has 0 spiro atoms. The van der Waals surface area contributed by atoms with Gasteiger partial charge in [0.2, 0.25) is 0 Å². The zero-order chi connectivity index (χ0) is 7.11. The lowest BCUT2D eigenvalue weighted by Gasteiger charge is -2.04. The molecule has 0 aromatic carbocycles. The lowest BCUT2D eigenvalue weighted by molar-refractivity contribution is 0.280. The Hall–Kier alpha value is 0.690. The first-order valence-corrected chi connectivity index (χ1v) is 5.00. The molecule has 0 rings (SSSR count). The minimum Gasteiger partial charge on any atom is -0.396 e. The number of hydrogen-bond acceptors (Lipinski definition) is 1. The van der Waals surface area contributed by atoms with Crippen LogP contribution in [-0.4, -0.2) is 16.1 Å². The van der Waals surface area contributed by atoms with Crippen molar-refractivity contribution in [3.8, 4) is 0 Å². The summed E-state index contributed by atoms with van der Waals surface area (Å²) in [5, 5.41) is 8.45. The van der Waals surface area contributed by atoms with Gasteiger partial charge in [0.15, 0.2) is 0 Å². The summed E-state index contributed by atoms with van der Waals surface area (Å²) in [4.78, 5) is 0. The summed E-state index contributed by atoms with van der Waals surface area (Å²) in [6, 6.07) is 0.